The van der Waals surface area contributed by atoms with Crippen molar-refractivity contribution in [3.8, 4) is 5.75 Å². The van der Waals surface area contributed by atoms with Gasteiger partial charge in [-0.15, -0.1) is 13.2 Å². The summed E-state index contributed by atoms with van der Waals surface area (Å²) in [5, 5.41) is 0. The Kier molecular flexibility index (Phi) is 4.16. The van der Waals surface area contributed by atoms with Crippen LogP contribution in [0.4, 0.5) is 17.6 Å². The lowest BCUT2D eigenvalue weighted by Crippen LogP contribution is -2.18. The van der Waals surface area contributed by atoms with Gasteiger partial charge >= 0.3 is 6.36 Å². The van der Waals surface area contributed by atoms with Gasteiger partial charge < -0.3 is 4.74 Å². The molecule has 0 amide bonds. The number of halogens is 6. The van der Waals surface area contributed by atoms with Crippen LogP contribution >= 0.6 is 38.5 Å². The minimum atomic E-state index is -5.00. The van der Waals surface area contributed by atoms with Crippen LogP contribution in [0.15, 0.2) is 16.6 Å². The maximum Gasteiger partial charge on any atom is 0.573 e. The summed E-state index contributed by atoms with van der Waals surface area (Å²) in [5.41, 5.74) is -0.484. The summed E-state index contributed by atoms with van der Waals surface area (Å²) < 4.78 is 51.8. The van der Waals surface area contributed by atoms with E-state index in [-0.39, 0.29) is 4.47 Å². The van der Waals surface area contributed by atoms with Gasteiger partial charge in [0.05, 0.1) is 5.56 Å². The van der Waals surface area contributed by atoms with Crippen molar-refractivity contribution in [3.05, 3.63) is 28.0 Å². The van der Waals surface area contributed by atoms with Gasteiger partial charge in [0.2, 0.25) is 3.79 Å². The first-order chi connectivity index (χ1) is 7.22. The highest BCUT2D eigenvalue weighted by Crippen LogP contribution is 2.32. The van der Waals surface area contributed by atoms with Crippen LogP contribution in [0.5, 0.6) is 5.75 Å². The molecule has 0 spiro atoms. The molecular formula is C8H2BrF4IO2. The molecule has 1 aromatic carbocycles. The van der Waals surface area contributed by atoms with Crippen molar-refractivity contribution in [2.75, 3.05) is 0 Å². The normalized spacial score (nSPS) is 11.4. The number of benzene rings is 1. The molecule has 0 aromatic heterocycles. The lowest BCUT2D eigenvalue weighted by Gasteiger charge is -2.11. The van der Waals surface area contributed by atoms with Crippen LogP contribution in [-0.4, -0.2) is 10.2 Å². The molecule has 1 rings (SSSR count). The van der Waals surface area contributed by atoms with Gasteiger partial charge in [0, 0.05) is 27.1 Å². The minimum absolute atomic E-state index is 0.0684. The second-order valence-electron chi connectivity index (χ2n) is 2.56. The molecule has 0 aliphatic rings. The van der Waals surface area contributed by atoms with E-state index in [1.54, 1.807) is 0 Å². The first-order valence-electron chi connectivity index (χ1n) is 3.66. The molecule has 0 N–H and O–H groups in total. The number of carbonyl (C=O) groups is 1. The first kappa shape index (κ1) is 13.7. The molecule has 16 heavy (non-hydrogen) atoms. The fourth-order valence-electron chi connectivity index (χ4n) is 0.917. The summed E-state index contributed by atoms with van der Waals surface area (Å²) in [6.07, 6.45) is -5.00. The van der Waals surface area contributed by atoms with E-state index in [4.69, 9.17) is 0 Å². The summed E-state index contributed by atoms with van der Waals surface area (Å²) in [4.78, 5) is 11.0. The Morgan fingerprint density at radius 3 is 2.38 bits per heavy atom. The molecule has 2 nitrogen and oxygen atoms in total. The van der Waals surface area contributed by atoms with Crippen LogP contribution in [0.3, 0.4) is 0 Å². The van der Waals surface area contributed by atoms with Gasteiger partial charge in [-0.25, -0.2) is 4.39 Å². The maximum atomic E-state index is 13.4. The van der Waals surface area contributed by atoms with Crippen molar-refractivity contribution < 1.29 is 27.1 Å². The van der Waals surface area contributed by atoms with Gasteiger partial charge in [-0.3, -0.25) is 4.79 Å². The molecule has 88 valence electrons. The van der Waals surface area contributed by atoms with Gasteiger partial charge in [-0.1, -0.05) is 0 Å². The van der Waals surface area contributed by atoms with E-state index in [2.05, 4.69) is 20.7 Å². The van der Waals surface area contributed by atoms with E-state index in [1.165, 1.54) is 22.6 Å². The summed E-state index contributed by atoms with van der Waals surface area (Å²) in [7, 11) is 0. The fourth-order valence-corrected chi connectivity index (χ4v) is 2.30. The third-order valence-electron chi connectivity index (χ3n) is 1.48. The van der Waals surface area contributed by atoms with Gasteiger partial charge in [-0.05, 0) is 28.1 Å². The van der Waals surface area contributed by atoms with Gasteiger partial charge in [-0.2, -0.15) is 0 Å². The van der Waals surface area contributed by atoms with Crippen molar-refractivity contribution in [2.24, 2.45) is 0 Å². The third-order valence-corrected chi connectivity index (χ3v) is 2.68. The Morgan fingerprint density at radius 2 is 1.94 bits per heavy atom. The number of hydrogen-bond acceptors (Lipinski definition) is 2. The molecule has 0 bridgehead atoms. The smallest absolute Gasteiger partial charge is 0.403 e. The van der Waals surface area contributed by atoms with Crippen molar-refractivity contribution >= 4 is 42.3 Å². The standard InChI is InChI=1S/C8H2BrF4IO2/c9-3-1-2-4(16-8(11,12)13)6(10)5(3)7(14)15/h1-2H. The zero-order valence-corrected chi connectivity index (χ0v) is 11.0. The van der Waals surface area contributed by atoms with E-state index in [9.17, 15) is 22.4 Å². The topological polar surface area (TPSA) is 26.3 Å². The molecule has 0 aliphatic carbocycles. The average Bonchev–Trinajstić information content (AvgIpc) is 2.07. The molecule has 0 radical (unpaired) electrons. The van der Waals surface area contributed by atoms with Crippen LogP contribution in [-0.2, 0) is 0 Å². The molecule has 1 aromatic rings. The van der Waals surface area contributed by atoms with Gasteiger partial charge in [0.15, 0.2) is 11.6 Å². The highest BCUT2D eigenvalue weighted by Gasteiger charge is 2.33. The van der Waals surface area contributed by atoms with E-state index >= 15 is 0 Å². The lowest BCUT2D eigenvalue weighted by molar-refractivity contribution is -0.275. The number of rotatable bonds is 2. The Balaban J connectivity index is 3.24. The summed E-state index contributed by atoms with van der Waals surface area (Å²) in [6.45, 7) is 0. The van der Waals surface area contributed by atoms with E-state index in [0.717, 1.165) is 12.1 Å². The molecule has 0 saturated heterocycles. The van der Waals surface area contributed by atoms with Crippen molar-refractivity contribution in [2.45, 2.75) is 6.36 Å². The van der Waals surface area contributed by atoms with Crippen LogP contribution < -0.4 is 4.74 Å². The fraction of sp³-hybridized carbons (Fsp3) is 0.125. The molecule has 0 aliphatic heterocycles. The van der Waals surface area contributed by atoms with Crippen molar-refractivity contribution in [3.63, 3.8) is 0 Å². The second-order valence-corrected chi connectivity index (χ2v) is 4.39. The largest absolute Gasteiger partial charge is 0.573 e. The molecule has 0 saturated carbocycles. The third kappa shape index (κ3) is 3.30. The predicted molar refractivity (Wildman–Crippen MR) is 59.1 cm³/mol. The number of alkyl halides is 3. The molecule has 0 atom stereocenters. The minimum Gasteiger partial charge on any atom is -0.403 e. The highest BCUT2D eigenvalue weighted by molar-refractivity contribution is 14.1. The zero-order chi connectivity index (χ0) is 12.5. The Morgan fingerprint density at radius 1 is 1.38 bits per heavy atom. The van der Waals surface area contributed by atoms with Gasteiger partial charge in [0.25, 0.3) is 0 Å². The molecule has 0 fully saturated rings. The first-order valence-corrected chi connectivity index (χ1v) is 5.53. The quantitative estimate of drug-likeness (QED) is 0.416. The molecule has 0 unspecified atom stereocenters. The highest BCUT2D eigenvalue weighted by atomic mass is 127. The Hall–Kier alpha value is -0.380. The van der Waals surface area contributed by atoms with Crippen molar-refractivity contribution in [1.29, 1.82) is 0 Å². The van der Waals surface area contributed by atoms with E-state index in [0.29, 0.717) is 0 Å². The maximum absolute atomic E-state index is 13.4. The SMILES string of the molecule is O=C(I)c1c(Br)ccc(OC(F)(F)F)c1F. The lowest BCUT2D eigenvalue weighted by atomic mass is 10.2. The van der Waals surface area contributed by atoms with Crippen LogP contribution in [0.2, 0.25) is 0 Å². The monoisotopic (exact) mass is 412 g/mol. The Bertz CT molecular complexity index is 433. The van der Waals surface area contributed by atoms with Crippen LogP contribution in [0.25, 0.3) is 0 Å². The Labute approximate surface area is 109 Å². The van der Waals surface area contributed by atoms with Crippen LogP contribution in [0, 0.1) is 5.82 Å². The summed E-state index contributed by atoms with van der Waals surface area (Å²) >= 11 is 4.13. The molecule has 0 heterocycles. The zero-order valence-electron chi connectivity index (χ0n) is 7.24. The predicted octanol–water partition coefficient (Wildman–Crippen LogP) is 4.06. The van der Waals surface area contributed by atoms with Crippen molar-refractivity contribution in [1.82, 2.24) is 0 Å². The average molecular weight is 413 g/mol. The van der Waals surface area contributed by atoms with E-state index in [1.807, 2.05) is 0 Å². The summed E-state index contributed by atoms with van der Waals surface area (Å²) in [6, 6.07) is 1.89. The number of ether oxygens (including phenoxy) is 1. The van der Waals surface area contributed by atoms with Crippen LogP contribution in [0.1, 0.15) is 10.4 Å². The van der Waals surface area contributed by atoms with Gasteiger partial charge in [0.1, 0.15) is 0 Å². The van der Waals surface area contributed by atoms with E-state index < -0.39 is 27.3 Å². The molecular weight excluding hydrogens is 411 g/mol. The number of carbonyl (C=O) groups excluding carboxylic acids is 1. The number of hydrogen-bond donors (Lipinski definition) is 0. The summed E-state index contributed by atoms with van der Waals surface area (Å²) in [5.74, 6) is -2.37. The second kappa shape index (κ2) is 4.86. The molecule has 8 heteroatoms.